The summed E-state index contributed by atoms with van der Waals surface area (Å²) in [7, 11) is 1.61. The summed E-state index contributed by atoms with van der Waals surface area (Å²) in [4.78, 5) is 24.2. The van der Waals surface area contributed by atoms with Crippen LogP contribution in [0.4, 0.5) is 11.4 Å². The van der Waals surface area contributed by atoms with Crippen LogP contribution in [0.25, 0.3) is 0 Å². The first kappa shape index (κ1) is 17.9. The Morgan fingerprint density at radius 1 is 1.04 bits per heavy atom. The van der Waals surface area contributed by atoms with Gasteiger partial charge >= 0.3 is 0 Å². The average molecular weight is 354 g/mol. The minimum atomic E-state index is -0.362. The number of methoxy groups -OCH3 is 1. The summed E-state index contributed by atoms with van der Waals surface area (Å²) in [5.41, 5.74) is 2.26. The van der Waals surface area contributed by atoms with E-state index in [0.717, 1.165) is 24.2 Å². The maximum absolute atomic E-state index is 12.1. The van der Waals surface area contributed by atoms with Gasteiger partial charge in [-0.15, -0.1) is 0 Å². The van der Waals surface area contributed by atoms with E-state index in [1.54, 1.807) is 31.4 Å². The maximum Gasteiger partial charge on any atom is 0.253 e. The molecule has 1 fully saturated rings. The van der Waals surface area contributed by atoms with Gasteiger partial charge in [-0.3, -0.25) is 9.59 Å². The highest BCUT2D eigenvalue weighted by atomic mass is 16.5. The monoisotopic (exact) mass is 354 g/mol. The molecule has 1 atom stereocenters. The van der Waals surface area contributed by atoms with Crippen molar-refractivity contribution < 1.29 is 19.1 Å². The second kappa shape index (κ2) is 8.49. The van der Waals surface area contributed by atoms with Crippen molar-refractivity contribution in [3.05, 3.63) is 54.1 Å². The van der Waals surface area contributed by atoms with Crippen molar-refractivity contribution in [1.82, 2.24) is 0 Å². The first-order valence-electron chi connectivity index (χ1n) is 8.59. The second-order valence-corrected chi connectivity index (χ2v) is 6.14. The van der Waals surface area contributed by atoms with E-state index < -0.39 is 0 Å². The SMILES string of the molecule is COc1ccc(CC(=O)Nc2ccc(NC(=O)[C@H]3CCCO3)cc2)cc1. The minimum Gasteiger partial charge on any atom is -0.497 e. The molecule has 2 aromatic carbocycles. The number of anilines is 2. The van der Waals surface area contributed by atoms with Crippen molar-refractivity contribution >= 4 is 23.2 Å². The molecule has 0 aromatic heterocycles. The zero-order chi connectivity index (χ0) is 18.4. The normalized spacial score (nSPS) is 16.1. The van der Waals surface area contributed by atoms with Crippen LogP contribution in [0, 0.1) is 0 Å². The summed E-state index contributed by atoms with van der Waals surface area (Å²) in [6.45, 7) is 0.636. The van der Waals surface area contributed by atoms with Gasteiger partial charge in [-0.2, -0.15) is 0 Å². The zero-order valence-corrected chi connectivity index (χ0v) is 14.7. The van der Waals surface area contributed by atoms with E-state index in [2.05, 4.69) is 10.6 Å². The fourth-order valence-corrected chi connectivity index (χ4v) is 2.78. The Morgan fingerprint density at radius 3 is 2.27 bits per heavy atom. The Kier molecular flexibility index (Phi) is 5.86. The van der Waals surface area contributed by atoms with E-state index in [1.807, 2.05) is 24.3 Å². The first-order chi connectivity index (χ1) is 12.6. The van der Waals surface area contributed by atoms with Crippen molar-refractivity contribution in [3.8, 4) is 5.75 Å². The van der Waals surface area contributed by atoms with Crippen molar-refractivity contribution in [2.45, 2.75) is 25.4 Å². The lowest BCUT2D eigenvalue weighted by Gasteiger charge is -2.11. The summed E-state index contributed by atoms with van der Waals surface area (Å²) in [5, 5.41) is 5.67. The lowest BCUT2D eigenvalue weighted by molar-refractivity contribution is -0.124. The number of ether oxygens (including phenoxy) is 2. The Morgan fingerprint density at radius 2 is 1.69 bits per heavy atom. The van der Waals surface area contributed by atoms with Crippen LogP contribution in [0.2, 0.25) is 0 Å². The molecule has 136 valence electrons. The molecule has 0 bridgehead atoms. The summed E-state index contributed by atoms with van der Waals surface area (Å²) < 4.78 is 10.5. The number of benzene rings is 2. The van der Waals surface area contributed by atoms with Gasteiger partial charge in [0.2, 0.25) is 5.91 Å². The fraction of sp³-hybridized carbons (Fsp3) is 0.300. The van der Waals surface area contributed by atoms with Crippen LogP contribution in [0.3, 0.4) is 0 Å². The van der Waals surface area contributed by atoms with E-state index >= 15 is 0 Å². The first-order valence-corrected chi connectivity index (χ1v) is 8.59. The van der Waals surface area contributed by atoms with Gasteiger partial charge in [0.05, 0.1) is 13.5 Å². The number of carbonyl (C=O) groups is 2. The highest BCUT2D eigenvalue weighted by Crippen LogP contribution is 2.18. The molecule has 1 aliphatic rings. The molecular weight excluding hydrogens is 332 g/mol. The third kappa shape index (κ3) is 4.83. The van der Waals surface area contributed by atoms with Gasteiger partial charge in [-0.25, -0.2) is 0 Å². The van der Waals surface area contributed by atoms with Crippen LogP contribution in [0.5, 0.6) is 5.75 Å². The largest absolute Gasteiger partial charge is 0.497 e. The van der Waals surface area contributed by atoms with Gasteiger partial charge in [-0.1, -0.05) is 12.1 Å². The minimum absolute atomic E-state index is 0.105. The number of amides is 2. The second-order valence-electron chi connectivity index (χ2n) is 6.14. The van der Waals surface area contributed by atoms with Crippen LogP contribution >= 0.6 is 0 Å². The van der Waals surface area contributed by atoms with Gasteiger partial charge in [-0.05, 0) is 54.8 Å². The summed E-state index contributed by atoms with van der Waals surface area (Å²) in [6.07, 6.45) is 1.59. The van der Waals surface area contributed by atoms with Gasteiger partial charge in [0.25, 0.3) is 5.91 Å². The van der Waals surface area contributed by atoms with E-state index in [9.17, 15) is 9.59 Å². The summed E-state index contributed by atoms with van der Waals surface area (Å²) in [6, 6.07) is 14.4. The predicted molar refractivity (Wildman–Crippen MR) is 99.4 cm³/mol. The Bertz CT molecular complexity index is 750. The van der Waals surface area contributed by atoms with Gasteiger partial charge in [0, 0.05) is 18.0 Å². The van der Waals surface area contributed by atoms with Crippen molar-refractivity contribution in [2.75, 3.05) is 24.4 Å². The molecule has 2 amide bonds. The molecule has 0 radical (unpaired) electrons. The number of hydrogen-bond acceptors (Lipinski definition) is 4. The van der Waals surface area contributed by atoms with Crippen molar-refractivity contribution in [2.24, 2.45) is 0 Å². The van der Waals surface area contributed by atoms with Crippen LogP contribution in [-0.2, 0) is 20.7 Å². The molecule has 6 heteroatoms. The highest BCUT2D eigenvalue weighted by Gasteiger charge is 2.23. The molecule has 0 aliphatic carbocycles. The zero-order valence-electron chi connectivity index (χ0n) is 14.7. The van der Waals surface area contributed by atoms with E-state index in [-0.39, 0.29) is 24.3 Å². The molecule has 2 N–H and O–H groups in total. The average Bonchev–Trinajstić information content (AvgIpc) is 3.19. The van der Waals surface area contributed by atoms with Crippen LogP contribution < -0.4 is 15.4 Å². The molecule has 0 spiro atoms. The standard InChI is InChI=1S/C20H22N2O4/c1-25-17-10-4-14(5-11-17)13-19(23)21-15-6-8-16(9-7-15)22-20(24)18-3-2-12-26-18/h4-11,18H,2-3,12-13H2,1H3,(H,21,23)(H,22,24)/t18-/m1/s1. The summed E-state index contributed by atoms with van der Waals surface area (Å²) in [5.74, 6) is 0.528. The Hall–Kier alpha value is -2.86. The third-order valence-electron chi connectivity index (χ3n) is 4.18. The molecule has 26 heavy (non-hydrogen) atoms. The topological polar surface area (TPSA) is 76.7 Å². The molecule has 1 saturated heterocycles. The number of rotatable bonds is 6. The van der Waals surface area contributed by atoms with Gasteiger partial charge < -0.3 is 20.1 Å². The quantitative estimate of drug-likeness (QED) is 0.836. The third-order valence-corrected chi connectivity index (χ3v) is 4.18. The van der Waals surface area contributed by atoms with E-state index in [0.29, 0.717) is 18.0 Å². The van der Waals surface area contributed by atoms with Crippen molar-refractivity contribution in [3.63, 3.8) is 0 Å². The van der Waals surface area contributed by atoms with E-state index in [1.165, 1.54) is 0 Å². The lowest BCUT2D eigenvalue weighted by Crippen LogP contribution is -2.26. The molecule has 2 aromatic rings. The molecule has 6 nitrogen and oxygen atoms in total. The smallest absolute Gasteiger partial charge is 0.253 e. The number of nitrogens with one attached hydrogen (secondary N) is 2. The van der Waals surface area contributed by atoms with Crippen LogP contribution in [-0.4, -0.2) is 31.6 Å². The molecule has 0 unspecified atom stereocenters. The van der Waals surface area contributed by atoms with Crippen LogP contribution in [0.1, 0.15) is 18.4 Å². The fourth-order valence-electron chi connectivity index (χ4n) is 2.78. The number of carbonyl (C=O) groups excluding carboxylic acids is 2. The molecule has 3 rings (SSSR count). The Balaban J connectivity index is 1.51. The Labute approximate surface area is 152 Å². The summed E-state index contributed by atoms with van der Waals surface area (Å²) >= 11 is 0. The highest BCUT2D eigenvalue weighted by molar-refractivity contribution is 5.95. The lowest BCUT2D eigenvalue weighted by atomic mass is 10.1. The van der Waals surface area contributed by atoms with Crippen LogP contribution in [0.15, 0.2) is 48.5 Å². The molecule has 1 heterocycles. The van der Waals surface area contributed by atoms with Gasteiger partial charge in [0.15, 0.2) is 0 Å². The van der Waals surface area contributed by atoms with Crippen molar-refractivity contribution in [1.29, 1.82) is 0 Å². The maximum atomic E-state index is 12.1. The van der Waals surface area contributed by atoms with Gasteiger partial charge in [0.1, 0.15) is 11.9 Å². The molecule has 1 aliphatic heterocycles. The number of hydrogen-bond donors (Lipinski definition) is 2. The van der Waals surface area contributed by atoms with E-state index in [4.69, 9.17) is 9.47 Å². The molecular formula is C20H22N2O4. The predicted octanol–water partition coefficient (Wildman–Crippen LogP) is 2.99. The molecule has 0 saturated carbocycles.